The summed E-state index contributed by atoms with van der Waals surface area (Å²) in [5.74, 6) is 0.630. The first-order valence-electron chi connectivity index (χ1n) is 6.29. The van der Waals surface area contributed by atoms with Crippen molar-refractivity contribution in [3.05, 3.63) is 46.1 Å². The molecule has 106 valence electrons. The van der Waals surface area contributed by atoms with E-state index in [1.54, 1.807) is 6.92 Å². The molecule has 1 unspecified atom stereocenters. The van der Waals surface area contributed by atoms with Crippen LogP contribution in [0, 0.1) is 6.92 Å². The summed E-state index contributed by atoms with van der Waals surface area (Å²) in [5.41, 5.74) is 2.15. The van der Waals surface area contributed by atoms with Gasteiger partial charge in [-0.25, -0.2) is 0 Å². The molecule has 2 rings (SSSR count). The van der Waals surface area contributed by atoms with Crippen molar-refractivity contribution in [3.63, 3.8) is 0 Å². The van der Waals surface area contributed by atoms with Gasteiger partial charge in [-0.3, -0.25) is 10.1 Å². The first kappa shape index (κ1) is 14.8. The number of furan rings is 1. The fourth-order valence-electron chi connectivity index (χ4n) is 1.86. The van der Waals surface area contributed by atoms with Crippen molar-refractivity contribution >= 4 is 21.9 Å². The van der Waals surface area contributed by atoms with Crippen LogP contribution in [0.5, 0.6) is 0 Å². The molecule has 5 heteroatoms. The fourth-order valence-corrected chi connectivity index (χ4v) is 2.34. The lowest BCUT2D eigenvalue weighted by atomic mass is 10.1. The third-order valence-corrected chi connectivity index (χ3v) is 3.56. The van der Waals surface area contributed by atoms with Gasteiger partial charge in [-0.1, -0.05) is 15.9 Å². The number of rotatable bonds is 5. The van der Waals surface area contributed by atoms with E-state index in [9.17, 15) is 4.79 Å². The van der Waals surface area contributed by atoms with Crippen LogP contribution in [0.2, 0.25) is 0 Å². The van der Waals surface area contributed by atoms with Crippen LogP contribution in [-0.4, -0.2) is 17.1 Å². The molecule has 1 aromatic carbocycles. The first-order valence-corrected chi connectivity index (χ1v) is 7.08. The Morgan fingerprint density at radius 2 is 2.15 bits per heavy atom. The number of carboxylic acid groups (broad SMARTS) is 1. The number of hydrogen-bond donors (Lipinski definition) is 2. The number of carbonyl (C=O) groups is 1. The van der Waals surface area contributed by atoms with Gasteiger partial charge in [-0.15, -0.1) is 0 Å². The standard InChI is InChI=1S/C15H16BrNO3/c1-9-7-11(16)3-5-13(9)14-6-4-12(20-14)8-17-10(2)15(18)19/h3-7,10,17H,8H2,1-2H3,(H,18,19). The van der Waals surface area contributed by atoms with Gasteiger partial charge in [-0.2, -0.15) is 0 Å². The molecule has 20 heavy (non-hydrogen) atoms. The molecule has 0 aliphatic heterocycles. The van der Waals surface area contributed by atoms with Crippen LogP contribution in [0.4, 0.5) is 0 Å². The quantitative estimate of drug-likeness (QED) is 0.875. The van der Waals surface area contributed by atoms with Crippen LogP contribution in [0.3, 0.4) is 0 Å². The zero-order chi connectivity index (χ0) is 14.7. The van der Waals surface area contributed by atoms with Crippen LogP contribution >= 0.6 is 15.9 Å². The molecule has 0 amide bonds. The summed E-state index contributed by atoms with van der Waals surface area (Å²) < 4.78 is 6.78. The molecular formula is C15H16BrNO3. The fraction of sp³-hybridized carbons (Fsp3) is 0.267. The van der Waals surface area contributed by atoms with Gasteiger partial charge in [0, 0.05) is 10.0 Å². The average molecular weight is 338 g/mol. The Hall–Kier alpha value is -1.59. The van der Waals surface area contributed by atoms with E-state index < -0.39 is 12.0 Å². The predicted octanol–water partition coefficient (Wildman–Crippen LogP) is 3.58. The molecule has 1 atom stereocenters. The first-order chi connectivity index (χ1) is 9.47. The van der Waals surface area contributed by atoms with Crippen LogP contribution in [0.15, 0.2) is 39.2 Å². The molecule has 1 heterocycles. The predicted molar refractivity (Wildman–Crippen MR) is 80.5 cm³/mol. The monoisotopic (exact) mass is 337 g/mol. The second-order valence-electron chi connectivity index (χ2n) is 4.67. The smallest absolute Gasteiger partial charge is 0.320 e. The largest absolute Gasteiger partial charge is 0.480 e. The Kier molecular flexibility index (Phi) is 4.62. The highest BCUT2D eigenvalue weighted by molar-refractivity contribution is 9.10. The molecular weight excluding hydrogens is 322 g/mol. The topological polar surface area (TPSA) is 62.5 Å². The summed E-state index contributed by atoms with van der Waals surface area (Å²) in [6.45, 7) is 4.02. The summed E-state index contributed by atoms with van der Waals surface area (Å²) in [4.78, 5) is 10.7. The molecule has 0 saturated carbocycles. The van der Waals surface area contributed by atoms with Crippen molar-refractivity contribution in [1.82, 2.24) is 5.32 Å². The Bertz CT molecular complexity index is 621. The molecule has 0 saturated heterocycles. The van der Waals surface area contributed by atoms with Crippen LogP contribution < -0.4 is 5.32 Å². The molecule has 0 aliphatic carbocycles. The second kappa shape index (κ2) is 6.24. The van der Waals surface area contributed by atoms with Crippen molar-refractivity contribution in [2.45, 2.75) is 26.4 Å². The molecule has 4 nitrogen and oxygen atoms in total. The third kappa shape index (κ3) is 3.49. The van der Waals surface area contributed by atoms with E-state index in [4.69, 9.17) is 9.52 Å². The van der Waals surface area contributed by atoms with E-state index in [1.807, 2.05) is 37.3 Å². The Morgan fingerprint density at radius 3 is 2.80 bits per heavy atom. The van der Waals surface area contributed by atoms with E-state index in [1.165, 1.54) is 0 Å². The maximum atomic E-state index is 10.7. The number of benzene rings is 1. The lowest BCUT2D eigenvalue weighted by molar-refractivity contribution is -0.139. The zero-order valence-electron chi connectivity index (χ0n) is 11.3. The van der Waals surface area contributed by atoms with E-state index >= 15 is 0 Å². The SMILES string of the molecule is Cc1cc(Br)ccc1-c1ccc(CNC(C)C(=O)O)o1. The molecule has 2 N–H and O–H groups in total. The van der Waals surface area contributed by atoms with Gasteiger partial charge in [-0.05, 0) is 49.7 Å². The molecule has 0 fully saturated rings. The maximum Gasteiger partial charge on any atom is 0.320 e. The van der Waals surface area contributed by atoms with Crippen LogP contribution in [-0.2, 0) is 11.3 Å². The highest BCUT2D eigenvalue weighted by Gasteiger charge is 2.12. The Balaban J connectivity index is 2.10. The van der Waals surface area contributed by atoms with E-state index in [2.05, 4.69) is 21.2 Å². The molecule has 0 bridgehead atoms. The van der Waals surface area contributed by atoms with Crippen molar-refractivity contribution in [2.24, 2.45) is 0 Å². The molecule has 0 spiro atoms. The van der Waals surface area contributed by atoms with Crippen LogP contribution in [0.1, 0.15) is 18.2 Å². The third-order valence-electron chi connectivity index (χ3n) is 3.07. The summed E-state index contributed by atoms with van der Waals surface area (Å²) in [6.07, 6.45) is 0. The van der Waals surface area contributed by atoms with Crippen molar-refractivity contribution < 1.29 is 14.3 Å². The number of nitrogens with one attached hydrogen (secondary N) is 1. The minimum atomic E-state index is -0.875. The zero-order valence-corrected chi connectivity index (χ0v) is 12.9. The number of aryl methyl sites for hydroxylation is 1. The minimum Gasteiger partial charge on any atom is -0.480 e. The number of hydrogen-bond acceptors (Lipinski definition) is 3. The summed E-state index contributed by atoms with van der Waals surface area (Å²) in [5, 5.41) is 11.7. The van der Waals surface area contributed by atoms with Crippen molar-refractivity contribution in [2.75, 3.05) is 0 Å². The van der Waals surface area contributed by atoms with Gasteiger partial charge in [0.2, 0.25) is 0 Å². The molecule has 0 radical (unpaired) electrons. The van der Waals surface area contributed by atoms with E-state index in [0.717, 1.165) is 27.1 Å². The van der Waals surface area contributed by atoms with Gasteiger partial charge < -0.3 is 9.52 Å². The summed E-state index contributed by atoms with van der Waals surface area (Å²) in [7, 11) is 0. The molecule has 2 aromatic rings. The molecule has 1 aromatic heterocycles. The van der Waals surface area contributed by atoms with Crippen LogP contribution in [0.25, 0.3) is 11.3 Å². The van der Waals surface area contributed by atoms with Gasteiger partial charge in [0.1, 0.15) is 17.6 Å². The average Bonchev–Trinajstić information content (AvgIpc) is 2.84. The normalized spacial score (nSPS) is 12.3. The minimum absolute atomic E-state index is 0.392. The van der Waals surface area contributed by atoms with Gasteiger partial charge >= 0.3 is 5.97 Å². The highest BCUT2D eigenvalue weighted by Crippen LogP contribution is 2.27. The number of halogens is 1. The van der Waals surface area contributed by atoms with Crippen molar-refractivity contribution in [1.29, 1.82) is 0 Å². The van der Waals surface area contributed by atoms with E-state index in [0.29, 0.717) is 6.54 Å². The van der Waals surface area contributed by atoms with E-state index in [-0.39, 0.29) is 0 Å². The lowest BCUT2D eigenvalue weighted by Crippen LogP contribution is -2.32. The second-order valence-corrected chi connectivity index (χ2v) is 5.58. The Labute approximate surface area is 125 Å². The van der Waals surface area contributed by atoms with Gasteiger partial charge in [0.15, 0.2) is 0 Å². The lowest BCUT2D eigenvalue weighted by Gasteiger charge is -2.07. The van der Waals surface area contributed by atoms with Gasteiger partial charge in [0.05, 0.1) is 6.54 Å². The molecule has 0 aliphatic rings. The highest BCUT2D eigenvalue weighted by atomic mass is 79.9. The van der Waals surface area contributed by atoms with Crippen molar-refractivity contribution in [3.8, 4) is 11.3 Å². The maximum absolute atomic E-state index is 10.7. The Morgan fingerprint density at radius 1 is 1.40 bits per heavy atom. The number of aliphatic carboxylic acids is 1. The summed E-state index contributed by atoms with van der Waals surface area (Å²) in [6, 6.07) is 9.15. The summed E-state index contributed by atoms with van der Waals surface area (Å²) >= 11 is 3.43. The number of carboxylic acids is 1. The van der Waals surface area contributed by atoms with Gasteiger partial charge in [0.25, 0.3) is 0 Å².